The van der Waals surface area contributed by atoms with Crippen LogP contribution in [0.15, 0.2) is 94.8 Å². The van der Waals surface area contributed by atoms with E-state index in [1.54, 1.807) is 23.9 Å². The summed E-state index contributed by atoms with van der Waals surface area (Å²) < 4.78 is 13.7. The van der Waals surface area contributed by atoms with Gasteiger partial charge in [0.05, 0.1) is 17.4 Å². The number of aliphatic imine (C=N–C) groups is 1. The number of fused-ring (bicyclic) bond motifs is 3. The van der Waals surface area contributed by atoms with E-state index in [-0.39, 0.29) is 11.9 Å². The van der Waals surface area contributed by atoms with Crippen LogP contribution in [0, 0.1) is 5.82 Å². The first-order valence-electron chi connectivity index (χ1n) is 10.2. The summed E-state index contributed by atoms with van der Waals surface area (Å²) in [6.45, 7) is 0. The number of rotatable bonds is 2. The molecular formula is C26H19FN2S. The molecular weight excluding hydrogens is 391 g/mol. The minimum Gasteiger partial charge on any atom is -0.308 e. The van der Waals surface area contributed by atoms with Crippen molar-refractivity contribution in [2.75, 3.05) is 0 Å². The number of halogens is 1. The van der Waals surface area contributed by atoms with Crippen LogP contribution in [0.5, 0.6) is 0 Å². The minimum absolute atomic E-state index is 0.0166. The van der Waals surface area contributed by atoms with Gasteiger partial charge in [0.2, 0.25) is 0 Å². The molecule has 0 saturated heterocycles. The lowest BCUT2D eigenvalue weighted by Gasteiger charge is -2.39. The van der Waals surface area contributed by atoms with E-state index in [1.807, 2.05) is 18.2 Å². The van der Waals surface area contributed by atoms with Gasteiger partial charge in [-0.05, 0) is 47.2 Å². The summed E-state index contributed by atoms with van der Waals surface area (Å²) in [7, 11) is 0. The normalized spacial score (nSPS) is 19.6. The van der Waals surface area contributed by atoms with E-state index in [4.69, 9.17) is 4.99 Å². The summed E-state index contributed by atoms with van der Waals surface area (Å²) in [4.78, 5) is 7.47. The Balaban J connectivity index is 1.55. The number of hydrogen-bond acceptors (Lipinski definition) is 3. The van der Waals surface area contributed by atoms with E-state index in [0.717, 1.165) is 35.0 Å². The van der Waals surface area contributed by atoms with E-state index in [0.29, 0.717) is 0 Å². The predicted octanol–water partition coefficient (Wildman–Crippen LogP) is 6.64. The van der Waals surface area contributed by atoms with Gasteiger partial charge in [0.15, 0.2) is 5.17 Å². The van der Waals surface area contributed by atoms with Crippen LogP contribution in [-0.2, 0) is 6.42 Å². The summed E-state index contributed by atoms with van der Waals surface area (Å²) in [6, 6.07) is 26.0. The minimum atomic E-state index is -0.207. The molecule has 2 aliphatic heterocycles. The van der Waals surface area contributed by atoms with Gasteiger partial charge in [-0.3, -0.25) is 0 Å². The van der Waals surface area contributed by atoms with Crippen molar-refractivity contribution < 1.29 is 4.39 Å². The molecule has 0 N–H and O–H groups in total. The molecule has 1 atom stereocenters. The summed E-state index contributed by atoms with van der Waals surface area (Å²) in [5, 5.41) is 3.17. The van der Waals surface area contributed by atoms with E-state index < -0.39 is 0 Å². The van der Waals surface area contributed by atoms with Crippen molar-refractivity contribution in [3.05, 3.63) is 118 Å². The number of thioether (sulfide) groups is 1. The van der Waals surface area contributed by atoms with Crippen LogP contribution >= 0.6 is 11.8 Å². The lowest BCUT2D eigenvalue weighted by Crippen LogP contribution is -2.34. The lowest BCUT2D eigenvalue weighted by atomic mass is 9.82. The van der Waals surface area contributed by atoms with Crippen LogP contribution in [0.4, 0.5) is 4.39 Å². The monoisotopic (exact) mass is 410 g/mol. The van der Waals surface area contributed by atoms with Gasteiger partial charge in [0.1, 0.15) is 5.82 Å². The van der Waals surface area contributed by atoms with E-state index in [9.17, 15) is 4.39 Å². The fraction of sp³-hybridized carbons (Fsp3) is 0.115. The van der Waals surface area contributed by atoms with Gasteiger partial charge in [0, 0.05) is 11.0 Å². The molecule has 4 heteroatoms. The molecule has 3 aromatic carbocycles. The highest BCUT2D eigenvalue weighted by atomic mass is 32.2. The van der Waals surface area contributed by atoms with Crippen LogP contribution in [0.3, 0.4) is 0 Å². The Labute approximate surface area is 179 Å². The Bertz CT molecular complexity index is 1230. The molecule has 0 unspecified atom stereocenters. The number of nitrogens with zero attached hydrogens (tertiary/aromatic N) is 2. The lowest BCUT2D eigenvalue weighted by molar-refractivity contribution is 0.473. The molecule has 1 aliphatic carbocycles. The van der Waals surface area contributed by atoms with E-state index in [2.05, 4.69) is 58.8 Å². The molecule has 146 valence electrons. The van der Waals surface area contributed by atoms with Gasteiger partial charge in [-0.25, -0.2) is 9.38 Å². The Morgan fingerprint density at radius 3 is 2.47 bits per heavy atom. The number of hydrogen-bond donors (Lipinski definition) is 0. The molecule has 0 saturated carbocycles. The Morgan fingerprint density at radius 1 is 0.867 bits per heavy atom. The van der Waals surface area contributed by atoms with Crippen LogP contribution in [0.2, 0.25) is 0 Å². The molecule has 0 fully saturated rings. The first-order valence-corrected chi connectivity index (χ1v) is 11.0. The van der Waals surface area contributed by atoms with Crippen molar-refractivity contribution >= 4 is 28.3 Å². The van der Waals surface area contributed by atoms with Crippen LogP contribution in [-0.4, -0.2) is 10.1 Å². The first-order chi connectivity index (χ1) is 14.8. The molecule has 0 radical (unpaired) electrons. The highest BCUT2D eigenvalue weighted by molar-refractivity contribution is 8.16. The molecule has 6 rings (SSSR count). The van der Waals surface area contributed by atoms with E-state index >= 15 is 0 Å². The standard InChI is InChI=1S/C26H19FN2S/c27-20-13-10-19(11-14-20)25-22-15-12-17-6-4-5-9-21(17)24(22)28-26-29(25)23(16-30-26)18-7-2-1-3-8-18/h1-11,13-14,16,25H,12,15H2/t25-/m0/s1. The average molecular weight is 411 g/mol. The molecule has 0 spiro atoms. The van der Waals surface area contributed by atoms with Gasteiger partial charge in [-0.15, -0.1) is 0 Å². The maximum atomic E-state index is 13.7. The number of benzene rings is 3. The van der Waals surface area contributed by atoms with Crippen molar-refractivity contribution in [1.82, 2.24) is 4.90 Å². The third-order valence-corrected chi connectivity index (χ3v) is 6.87. The molecule has 30 heavy (non-hydrogen) atoms. The van der Waals surface area contributed by atoms with E-state index in [1.165, 1.54) is 22.3 Å². The zero-order valence-electron chi connectivity index (χ0n) is 16.3. The molecule has 2 nitrogen and oxygen atoms in total. The third kappa shape index (κ3) is 2.75. The molecule has 0 bridgehead atoms. The zero-order chi connectivity index (χ0) is 20.1. The molecule has 0 amide bonds. The van der Waals surface area contributed by atoms with Crippen LogP contribution in [0.1, 0.15) is 34.7 Å². The molecule has 3 aliphatic rings. The van der Waals surface area contributed by atoms with Crippen LogP contribution in [0.25, 0.3) is 11.4 Å². The van der Waals surface area contributed by atoms with Crippen molar-refractivity contribution in [1.29, 1.82) is 0 Å². The largest absolute Gasteiger partial charge is 0.308 e. The second-order valence-corrected chi connectivity index (χ2v) is 8.57. The van der Waals surface area contributed by atoms with Gasteiger partial charge in [-0.2, -0.15) is 0 Å². The Kier molecular flexibility index (Phi) is 4.13. The summed E-state index contributed by atoms with van der Waals surface area (Å²) in [5.74, 6) is -0.207. The highest BCUT2D eigenvalue weighted by Crippen LogP contribution is 2.51. The molecule has 0 aromatic heterocycles. The smallest absolute Gasteiger partial charge is 0.174 e. The highest BCUT2D eigenvalue weighted by Gasteiger charge is 2.40. The Morgan fingerprint density at radius 2 is 1.63 bits per heavy atom. The number of aryl methyl sites for hydroxylation is 1. The Hall–Kier alpha value is -3.11. The predicted molar refractivity (Wildman–Crippen MR) is 122 cm³/mol. The quantitative estimate of drug-likeness (QED) is 0.470. The van der Waals surface area contributed by atoms with Crippen molar-refractivity contribution in [2.24, 2.45) is 4.99 Å². The van der Waals surface area contributed by atoms with Crippen molar-refractivity contribution in [2.45, 2.75) is 18.9 Å². The van der Waals surface area contributed by atoms with Crippen LogP contribution < -0.4 is 0 Å². The summed E-state index contributed by atoms with van der Waals surface area (Å²) in [6.07, 6.45) is 1.96. The molecule has 3 aromatic rings. The fourth-order valence-corrected chi connectivity index (χ4v) is 5.57. The average Bonchev–Trinajstić information content (AvgIpc) is 3.22. The second kappa shape index (κ2) is 6.99. The topological polar surface area (TPSA) is 15.6 Å². The zero-order valence-corrected chi connectivity index (χ0v) is 17.1. The van der Waals surface area contributed by atoms with Gasteiger partial charge >= 0.3 is 0 Å². The van der Waals surface area contributed by atoms with Gasteiger partial charge < -0.3 is 4.90 Å². The number of amidine groups is 1. The first kappa shape index (κ1) is 17.7. The second-order valence-electron chi connectivity index (χ2n) is 7.74. The van der Waals surface area contributed by atoms with Gasteiger partial charge in [-0.1, -0.05) is 78.5 Å². The van der Waals surface area contributed by atoms with Gasteiger partial charge in [0.25, 0.3) is 0 Å². The van der Waals surface area contributed by atoms with Crippen molar-refractivity contribution in [3.8, 4) is 0 Å². The summed E-state index contributed by atoms with van der Waals surface area (Å²) >= 11 is 1.67. The van der Waals surface area contributed by atoms with Crippen molar-refractivity contribution in [3.63, 3.8) is 0 Å². The third-order valence-electron chi connectivity index (χ3n) is 6.03. The SMILES string of the molecule is Fc1ccc([C@H]2C3=C(N=C4SC=C(c5ccccc5)N42)c2ccccc2CC3)cc1. The maximum absolute atomic E-state index is 13.7. The molecule has 2 heterocycles. The maximum Gasteiger partial charge on any atom is 0.174 e. The fourth-order valence-electron chi connectivity index (χ4n) is 4.65. The summed E-state index contributed by atoms with van der Waals surface area (Å²) in [5.41, 5.74) is 8.40.